The van der Waals surface area contributed by atoms with Crippen molar-refractivity contribution in [1.82, 2.24) is 4.90 Å². The van der Waals surface area contributed by atoms with Crippen LogP contribution in [0.5, 0.6) is 0 Å². The van der Waals surface area contributed by atoms with Crippen molar-refractivity contribution in [2.45, 2.75) is 12.6 Å². The first-order chi connectivity index (χ1) is 9.58. The molecule has 0 aliphatic heterocycles. The van der Waals surface area contributed by atoms with Gasteiger partial charge in [-0.05, 0) is 19.2 Å². The molecule has 0 aliphatic rings. The summed E-state index contributed by atoms with van der Waals surface area (Å²) in [5, 5.41) is 2.95. The number of nitrogens with zero attached hydrogens (tertiary/aromatic N) is 1. The van der Waals surface area contributed by atoms with Gasteiger partial charge < -0.3 is 11.1 Å². The highest BCUT2D eigenvalue weighted by atomic mass is 35.5. The molecule has 0 saturated heterocycles. The minimum Gasteiger partial charge on any atom is -0.397 e. The third kappa shape index (κ3) is 6.41. The number of nitrogens with one attached hydrogen (secondary N) is 1. The molecular formula is C12H14Cl2F3N3O. The predicted molar refractivity (Wildman–Crippen MR) is 77.7 cm³/mol. The zero-order chi connectivity index (χ0) is 16.2. The van der Waals surface area contributed by atoms with Crippen molar-refractivity contribution < 1.29 is 18.0 Å². The minimum atomic E-state index is -4.30. The molecule has 0 spiro atoms. The van der Waals surface area contributed by atoms with E-state index < -0.39 is 18.6 Å². The molecule has 1 aromatic carbocycles. The highest BCUT2D eigenvalue weighted by molar-refractivity contribution is 6.37. The van der Waals surface area contributed by atoms with Crippen LogP contribution in [-0.2, 0) is 4.79 Å². The van der Waals surface area contributed by atoms with E-state index in [-0.39, 0.29) is 29.4 Å². The molecule has 0 aromatic heterocycles. The van der Waals surface area contributed by atoms with Gasteiger partial charge in [-0.15, -0.1) is 0 Å². The first-order valence-corrected chi connectivity index (χ1v) is 6.64. The molecule has 9 heteroatoms. The molecule has 0 saturated carbocycles. The van der Waals surface area contributed by atoms with Gasteiger partial charge in [0.15, 0.2) is 0 Å². The van der Waals surface area contributed by atoms with Gasteiger partial charge in [0.1, 0.15) is 0 Å². The summed E-state index contributed by atoms with van der Waals surface area (Å²) >= 11 is 11.6. The fourth-order valence-electron chi connectivity index (χ4n) is 1.60. The summed E-state index contributed by atoms with van der Waals surface area (Å²) in [6, 6.07) is 2.82. The molecule has 3 N–H and O–H groups in total. The smallest absolute Gasteiger partial charge is 0.397 e. The van der Waals surface area contributed by atoms with Crippen LogP contribution in [0.15, 0.2) is 12.1 Å². The molecule has 0 heterocycles. The van der Waals surface area contributed by atoms with E-state index in [1.54, 1.807) is 0 Å². The van der Waals surface area contributed by atoms with E-state index in [0.717, 1.165) is 4.90 Å². The average molecular weight is 344 g/mol. The first-order valence-electron chi connectivity index (χ1n) is 5.88. The van der Waals surface area contributed by atoms with Gasteiger partial charge in [-0.2, -0.15) is 13.2 Å². The standard InChI is InChI=1S/C12H14Cl2F3N3O/c1-20(6-12(15,16)17)3-2-10(21)19-11-8(14)4-7(13)5-9(11)18/h4-5H,2-3,6,18H2,1H3,(H,19,21). The van der Waals surface area contributed by atoms with E-state index in [0.29, 0.717) is 5.02 Å². The number of nitrogen functional groups attached to an aromatic ring is 1. The van der Waals surface area contributed by atoms with Crippen LogP contribution in [0.2, 0.25) is 10.0 Å². The lowest BCUT2D eigenvalue weighted by Crippen LogP contribution is -2.33. The topological polar surface area (TPSA) is 58.4 Å². The molecule has 21 heavy (non-hydrogen) atoms. The zero-order valence-corrected chi connectivity index (χ0v) is 12.6. The van der Waals surface area contributed by atoms with Crippen LogP contribution in [0.1, 0.15) is 6.42 Å². The van der Waals surface area contributed by atoms with Gasteiger partial charge in [0, 0.05) is 18.0 Å². The fourth-order valence-corrected chi connectivity index (χ4v) is 2.16. The molecule has 4 nitrogen and oxygen atoms in total. The lowest BCUT2D eigenvalue weighted by atomic mass is 10.2. The van der Waals surface area contributed by atoms with Crippen molar-refractivity contribution in [3.63, 3.8) is 0 Å². The maximum Gasteiger partial charge on any atom is 0.401 e. The first kappa shape index (κ1) is 17.9. The van der Waals surface area contributed by atoms with E-state index in [9.17, 15) is 18.0 Å². The van der Waals surface area contributed by atoms with Gasteiger partial charge in [0.2, 0.25) is 5.91 Å². The Kier molecular flexibility index (Phi) is 6.12. The van der Waals surface area contributed by atoms with Crippen LogP contribution in [-0.4, -0.2) is 37.1 Å². The molecule has 0 bridgehead atoms. The molecule has 1 aromatic rings. The van der Waals surface area contributed by atoms with Gasteiger partial charge in [-0.3, -0.25) is 9.69 Å². The number of alkyl halides is 3. The Morgan fingerprint density at radius 1 is 1.38 bits per heavy atom. The maximum atomic E-state index is 12.1. The molecule has 0 atom stereocenters. The SMILES string of the molecule is CN(CCC(=O)Nc1c(N)cc(Cl)cc1Cl)CC(F)(F)F. The molecule has 118 valence electrons. The van der Waals surface area contributed by atoms with Gasteiger partial charge >= 0.3 is 6.18 Å². The van der Waals surface area contributed by atoms with Crippen molar-refractivity contribution in [3.8, 4) is 0 Å². The third-order valence-electron chi connectivity index (χ3n) is 2.52. The van der Waals surface area contributed by atoms with Crippen LogP contribution < -0.4 is 11.1 Å². The lowest BCUT2D eigenvalue weighted by molar-refractivity contribution is -0.144. The minimum absolute atomic E-state index is 0.0452. The second-order valence-electron chi connectivity index (χ2n) is 4.50. The Morgan fingerprint density at radius 3 is 2.52 bits per heavy atom. The van der Waals surface area contributed by atoms with Crippen molar-refractivity contribution in [3.05, 3.63) is 22.2 Å². The van der Waals surface area contributed by atoms with Crippen molar-refractivity contribution >= 4 is 40.5 Å². The Labute approximate surface area is 130 Å². The number of carbonyl (C=O) groups is 1. The average Bonchev–Trinajstić information content (AvgIpc) is 2.29. The fraction of sp³-hybridized carbons (Fsp3) is 0.417. The monoisotopic (exact) mass is 343 g/mol. The van der Waals surface area contributed by atoms with Gasteiger partial charge in [-0.1, -0.05) is 23.2 Å². The predicted octanol–water partition coefficient (Wildman–Crippen LogP) is 3.40. The highest BCUT2D eigenvalue weighted by Crippen LogP contribution is 2.32. The van der Waals surface area contributed by atoms with E-state index in [4.69, 9.17) is 28.9 Å². The zero-order valence-electron chi connectivity index (χ0n) is 11.1. The Hall–Kier alpha value is -1.18. The molecule has 1 rings (SSSR count). The summed E-state index contributed by atoms with van der Waals surface area (Å²) in [4.78, 5) is 12.7. The summed E-state index contributed by atoms with van der Waals surface area (Å²) in [6.45, 7) is -1.12. The van der Waals surface area contributed by atoms with Gasteiger partial charge in [0.25, 0.3) is 0 Å². The molecule has 0 fully saturated rings. The van der Waals surface area contributed by atoms with Gasteiger partial charge in [-0.25, -0.2) is 0 Å². The number of rotatable bonds is 5. The molecule has 0 unspecified atom stereocenters. The second kappa shape index (κ2) is 7.20. The van der Waals surface area contributed by atoms with Crippen LogP contribution in [0.25, 0.3) is 0 Å². The van der Waals surface area contributed by atoms with E-state index in [1.165, 1.54) is 19.2 Å². The normalized spacial score (nSPS) is 11.8. The number of anilines is 2. The lowest BCUT2D eigenvalue weighted by Gasteiger charge is -2.18. The summed E-state index contributed by atoms with van der Waals surface area (Å²) < 4.78 is 36.4. The van der Waals surface area contributed by atoms with Crippen molar-refractivity contribution in [2.24, 2.45) is 0 Å². The highest BCUT2D eigenvalue weighted by Gasteiger charge is 2.29. The Morgan fingerprint density at radius 2 is 2.00 bits per heavy atom. The van der Waals surface area contributed by atoms with Crippen molar-refractivity contribution in [1.29, 1.82) is 0 Å². The van der Waals surface area contributed by atoms with E-state index in [2.05, 4.69) is 5.32 Å². The van der Waals surface area contributed by atoms with Gasteiger partial charge in [0.05, 0.1) is 22.9 Å². The number of hydrogen-bond acceptors (Lipinski definition) is 3. The van der Waals surface area contributed by atoms with E-state index >= 15 is 0 Å². The van der Waals surface area contributed by atoms with Crippen LogP contribution in [0.3, 0.4) is 0 Å². The Bertz CT molecular complexity index is 500. The maximum absolute atomic E-state index is 12.1. The second-order valence-corrected chi connectivity index (χ2v) is 5.35. The van der Waals surface area contributed by atoms with Crippen LogP contribution in [0, 0.1) is 0 Å². The van der Waals surface area contributed by atoms with Crippen LogP contribution in [0.4, 0.5) is 24.5 Å². The number of halogens is 5. The molecule has 0 radical (unpaired) electrons. The van der Waals surface area contributed by atoms with Crippen LogP contribution >= 0.6 is 23.2 Å². The number of hydrogen-bond donors (Lipinski definition) is 2. The summed E-state index contributed by atoms with van der Waals surface area (Å²) in [5.41, 5.74) is 6.05. The summed E-state index contributed by atoms with van der Waals surface area (Å²) in [7, 11) is 1.28. The number of benzene rings is 1. The Balaban J connectivity index is 2.55. The molecular weight excluding hydrogens is 330 g/mol. The summed E-state index contributed by atoms with van der Waals surface area (Å²) in [5.74, 6) is -0.486. The van der Waals surface area contributed by atoms with Crippen molar-refractivity contribution in [2.75, 3.05) is 31.2 Å². The number of amides is 1. The molecule has 1 amide bonds. The largest absolute Gasteiger partial charge is 0.401 e. The third-order valence-corrected chi connectivity index (χ3v) is 3.04. The quantitative estimate of drug-likeness (QED) is 0.805. The number of nitrogens with two attached hydrogens (primary N) is 1. The molecule has 0 aliphatic carbocycles. The number of carbonyl (C=O) groups excluding carboxylic acids is 1. The summed E-state index contributed by atoms with van der Waals surface area (Å²) in [6.07, 6.45) is -4.42. The van der Waals surface area contributed by atoms with E-state index in [1.807, 2.05) is 0 Å².